The molecule has 24 heavy (non-hydrogen) atoms. The number of halogens is 1. The van der Waals surface area contributed by atoms with Crippen LogP contribution in [0.15, 0.2) is 72.8 Å². The number of amides is 1. The predicted octanol–water partition coefficient (Wildman–Crippen LogP) is 5.18. The topological polar surface area (TPSA) is 38.3 Å². The van der Waals surface area contributed by atoms with Gasteiger partial charge in [0.2, 0.25) is 0 Å². The van der Waals surface area contributed by atoms with E-state index in [4.69, 9.17) is 4.74 Å². The highest BCUT2D eigenvalue weighted by atomic mass is 19.1. The molecule has 3 rings (SSSR count). The van der Waals surface area contributed by atoms with Gasteiger partial charge in [0.05, 0.1) is 0 Å². The minimum absolute atomic E-state index is 0.301. The molecule has 0 bridgehead atoms. The van der Waals surface area contributed by atoms with Crippen LogP contribution in [0.25, 0.3) is 0 Å². The number of para-hydroxylation sites is 1. The van der Waals surface area contributed by atoms with Crippen molar-refractivity contribution < 1.29 is 13.9 Å². The second kappa shape index (κ2) is 6.96. The monoisotopic (exact) mass is 321 g/mol. The van der Waals surface area contributed by atoms with Crippen LogP contribution in [0.3, 0.4) is 0 Å². The smallest absolute Gasteiger partial charge is 0.255 e. The molecular weight excluding hydrogens is 305 g/mol. The number of rotatable bonds is 4. The quantitative estimate of drug-likeness (QED) is 0.719. The lowest BCUT2D eigenvalue weighted by Gasteiger charge is -2.08. The Morgan fingerprint density at radius 2 is 1.58 bits per heavy atom. The van der Waals surface area contributed by atoms with E-state index in [-0.39, 0.29) is 11.7 Å². The summed E-state index contributed by atoms with van der Waals surface area (Å²) in [4.78, 5) is 12.2. The zero-order valence-corrected chi connectivity index (χ0v) is 13.1. The number of benzene rings is 3. The molecule has 0 radical (unpaired) electrons. The van der Waals surface area contributed by atoms with Gasteiger partial charge in [-0.3, -0.25) is 4.79 Å². The standard InChI is InChI=1S/C20H16FNO2/c1-14-7-10-16(13-19(14)21)22-20(23)15-8-11-18(12-9-15)24-17-5-3-2-4-6-17/h2-13H,1H3,(H,22,23). The number of hydrogen-bond acceptors (Lipinski definition) is 2. The van der Waals surface area contributed by atoms with E-state index in [9.17, 15) is 9.18 Å². The summed E-state index contributed by atoms with van der Waals surface area (Å²) < 4.78 is 19.2. The van der Waals surface area contributed by atoms with Crippen molar-refractivity contribution >= 4 is 11.6 Å². The Kier molecular flexibility index (Phi) is 4.57. The first-order valence-corrected chi connectivity index (χ1v) is 7.52. The van der Waals surface area contributed by atoms with Crippen LogP contribution < -0.4 is 10.1 Å². The van der Waals surface area contributed by atoms with Crippen molar-refractivity contribution in [3.63, 3.8) is 0 Å². The van der Waals surface area contributed by atoms with Gasteiger partial charge in [-0.1, -0.05) is 24.3 Å². The fourth-order valence-corrected chi connectivity index (χ4v) is 2.17. The van der Waals surface area contributed by atoms with Crippen LogP contribution >= 0.6 is 0 Å². The maximum atomic E-state index is 13.5. The summed E-state index contributed by atoms with van der Waals surface area (Å²) in [7, 11) is 0. The maximum absolute atomic E-state index is 13.5. The SMILES string of the molecule is Cc1ccc(NC(=O)c2ccc(Oc3ccccc3)cc2)cc1F. The fraction of sp³-hybridized carbons (Fsp3) is 0.0500. The van der Waals surface area contributed by atoms with Crippen molar-refractivity contribution in [2.45, 2.75) is 6.92 Å². The van der Waals surface area contributed by atoms with Gasteiger partial charge in [0.1, 0.15) is 17.3 Å². The maximum Gasteiger partial charge on any atom is 0.255 e. The molecule has 1 amide bonds. The molecular formula is C20H16FNO2. The Morgan fingerprint density at radius 1 is 0.917 bits per heavy atom. The highest BCUT2D eigenvalue weighted by molar-refractivity contribution is 6.04. The lowest BCUT2D eigenvalue weighted by Crippen LogP contribution is -2.11. The summed E-state index contributed by atoms with van der Waals surface area (Å²) in [6, 6.07) is 20.8. The first kappa shape index (κ1) is 15.7. The molecule has 3 aromatic rings. The summed E-state index contributed by atoms with van der Waals surface area (Å²) in [5.41, 5.74) is 1.43. The second-order valence-corrected chi connectivity index (χ2v) is 5.36. The van der Waals surface area contributed by atoms with Crippen LogP contribution in [-0.2, 0) is 0 Å². The molecule has 0 saturated carbocycles. The van der Waals surface area contributed by atoms with Gasteiger partial charge < -0.3 is 10.1 Å². The molecule has 0 saturated heterocycles. The van der Waals surface area contributed by atoms with Crippen molar-refractivity contribution in [2.75, 3.05) is 5.32 Å². The third-order valence-electron chi connectivity index (χ3n) is 3.53. The molecule has 4 heteroatoms. The van der Waals surface area contributed by atoms with Gasteiger partial charge in [-0.05, 0) is 61.0 Å². The lowest BCUT2D eigenvalue weighted by molar-refractivity contribution is 0.102. The van der Waals surface area contributed by atoms with E-state index in [1.165, 1.54) is 6.07 Å². The normalized spacial score (nSPS) is 10.2. The molecule has 120 valence electrons. The molecule has 3 aromatic carbocycles. The van der Waals surface area contributed by atoms with Gasteiger partial charge in [-0.15, -0.1) is 0 Å². The van der Waals surface area contributed by atoms with Crippen molar-refractivity contribution in [1.82, 2.24) is 0 Å². The summed E-state index contributed by atoms with van der Waals surface area (Å²) in [6.07, 6.45) is 0. The summed E-state index contributed by atoms with van der Waals surface area (Å²) >= 11 is 0. The molecule has 0 atom stereocenters. The number of nitrogens with one attached hydrogen (secondary N) is 1. The minimum atomic E-state index is -0.348. The fourth-order valence-electron chi connectivity index (χ4n) is 2.17. The number of ether oxygens (including phenoxy) is 1. The van der Waals surface area contributed by atoms with E-state index >= 15 is 0 Å². The third-order valence-corrected chi connectivity index (χ3v) is 3.53. The summed E-state index contributed by atoms with van der Waals surface area (Å²) in [5, 5.41) is 2.68. The van der Waals surface area contributed by atoms with Crippen LogP contribution in [0.5, 0.6) is 11.5 Å². The average molecular weight is 321 g/mol. The van der Waals surface area contributed by atoms with Crippen LogP contribution in [0, 0.1) is 12.7 Å². The first-order chi connectivity index (χ1) is 11.6. The Bertz CT molecular complexity index is 845. The van der Waals surface area contributed by atoms with Gasteiger partial charge in [-0.25, -0.2) is 4.39 Å². The minimum Gasteiger partial charge on any atom is -0.457 e. The Hall–Kier alpha value is -3.14. The lowest BCUT2D eigenvalue weighted by atomic mass is 10.2. The second-order valence-electron chi connectivity index (χ2n) is 5.36. The molecule has 0 aliphatic rings. The number of carbonyl (C=O) groups is 1. The number of anilines is 1. The predicted molar refractivity (Wildman–Crippen MR) is 92.0 cm³/mol. The van der Waals surface area contributed by atoms with Gasteiger partial charge in [-0.2, -0.15) is 0 Å². The van der Waals surface area contributed by atoms with Crippen LogP contribution in [0.1, 0.15) is 15.9 Å². The largest absolute Gasteiger partial charge is 0.457 e. The average Bonchev–Trinajstić information content (AvgIpc) is 2.60. The zero-order chi connectivity index (χ0) is 16.9. The number of carbonyl (C=O) groups excluding carboxylic acids is 1. The molecule has 0 aliphatic carbocycles. The molecule has 0 aromatic heterocycles. The van der Waals surface area contributed by atoms with E-state index in [0.717, 1.165) is 5.75 Å². The highest BCUT2D eigenvalue weighted by Gasteiger charge is 2.08. The Labute approximate surface area is 139 Å². The van der Waals surface area contributed by atoms with E-state index in [1.54, 1.807) is 43.3 Å². The molecule has 0 spiro atoms. The van der Waals surface area contributed by atoms with Crippen LogP contribution in [0.4, 0.5) is 10.1 Å². The molecule has 1 N–H and O–H groups in total. The molecule has 0 fully saturated rings. The molecule has 0 aliphatic heterocycles. The van der Waals surface area contributed by atoms with Crippen molar-refractivity contribution in [3.05, 3.63) is 89.7 Å². The highest BCUT2D eigenvalue weighted by Crippen LogP contribution is 2.21. The van der Waals surface area contributed by atoms with Gasteiger partial charge in [0.15, 0.2) is 0 Å². The van der Waals surface area contributed by atoms with Gasteiger partial charge in [0.25, 0.3) is 5.91 Å². The van der Waals surface area contributed by atoms with Crippen molar-refractivity contribution in [3.8, 4) is 11.5 Å². The van der Waals surface area contributed by atoms with Crippen molar-refractivity contribution in [1.29, 1.82) is 0 Å². The van der Waals surface area contributed by atoms with Crippen molar-refractivity contribution in [2.24, 2.45) is 0 Å². The van der Waals surface area contributed by atoms with E-state index < -0.39 is 0 Å². The van der Waals surface area contributed by atoms with Crippen LogP contribution in [-0.4, -0.2) is 5.91 Å². The number of aryl methyl sites for hydroxylation is 1. The number of hydrogen-bond donors (Lipinski definition) is 1. The summed E-state index contributed by atoms with van der Waals surface area (Å²) in [6.45, 7) is 1.67. The van der Waals surface area contributed by atoms with Crippen LogP contribution in [0.2, 0.25) is 0 Å². The molecule has 0 unspecified atom stereocenters. The van der Waals surface area contributed by atoms with Gasteiger partial charge >= 0.3 is 0 Å². The van der Waals surface area contributed by atoms with E-state index in [0.29, 0.717) is 22.6 Å². The zero-order valence-electron chi connectivity index (χ0n) is 13.1. The molecule has 0 heterocycles. The Morgan fingerprint density at radius 3 is 2.25 bits per heavy atom. The third kappa shape index (κ3) is 3.79. The Balaban J connectivity index is 1.68. The van der Waals surface area contributed by atoms with E-state index in [1.807, 2.05) is 30.3 Å². The first-order valence-electron chi connectivity index (χ1n) is 7.52. The summed E-state index contributed by atoms with van der Waals surface area (Å²) in [5.74, 6) is 0.716. The van der Waals surface area contributed by atoms with E-state index in [2.05, 4.69) is 5.32 Å². The molecule has 3 nitrogen and oxygen atoms in total. The van der Waals surface area contributed by atoms with Gasteiger partial charge in [0, 0.05) is 11.3 Å².